The van der Waals surface area contributed by atoms with E-state index >= 15 is 0 Å². The van der Waals surface area contributed by atoms with Gasteiger partial charge < -0.3 is 5.32 Å². The van der Waals surface area contributed by atoms with Gasteiger partial charge >= 0.3 is 0 Å². The Morgan fingerprint density at radius 2 is 2.04 bits per heavy atom. The van der Waals surface area contributed by atoms with Crippen molar-refractivity contribution >= 4 is 5.91 Å². The van der Waals surface area contributed by atoms with E-state index in [0.717, 1.165) is 23.1 Å². The molecule has 1 saturated carbocycles. The molecule has 1 aliphatic rings. The summed E-state index contributed by atoms with van der Waals surface area (Å²) in [5.41, 5.74) is 1.45. The maximum Gasteiger partial charge on any atom is 0.280 e. The van der Waals surface area contributed by atoms with Crippen molar-refractivity contribution in [2.45, 2.75) is 44.7 Å². The first-order valence-corrected chi connectivity index (χ1v) is 7.74. The van der Waals surface area contributed by atoms with Gasteiger partial charge in [-0.3, -0.25) is 9.48 Å². The highest BCUT2D eigenvalue weighted by Crippen LogP contribution is 2.40. The van der Waals surface area contributed by atoms with Crippen LogP contribution in [0.1, 0.15) is 55.1 Å². The SMILES string of the molecule is CC(NC(=O)Cn1nc(C2CC2)cc1C(F)F)c1ccccc1. The van der Waals surface area contributed by atoms with E-state index in [1.807, 2.05) is 37.3 Å². The van der Waals surface area contributed by atoms with E-state index < -0.39 is 6.43 Å². The van der Waals surface area contributed by atoms with Gasteiger partial charge in [0.2, 0.25) is 5.91 Å². The minimum absolute atomic E-state index is 0.183. The molecule has 1 atom stereocenters. The minimum atomic E-state index is -2.63. The lowest BCUT2D eigenvalue weighted by Crippen LogP contribution is -2.31. The summed E-state index contributed by atoms with van der Waals surface area (Å²) in [6.45, 7) is 1.67. The summed E-state index contributed by atoms with van der Waals surface area (Å²) in [5.74, 6) is -0.0475. The number of carbonyl (C=O) groups excluding carboxylic acids is 1. The number of carbonyl (C=O) groups is 1. The smallest absolute Gasteiger partial charge is 0.280 e. The van der Waals surface area contributed by atoms with Gasteiger partial charge in [0.05, 0.1) is 11.7 Å². The third-order valence-electron chi connectivity index (χ3n) is 4.02. The van der Waals surface area contributed by atoms with Crippen molar-refractivity contribution in [3.05, 3.63) is 53.3 Å². The first-order chi connectivity index (χ1) is 11.0. The second-order valence-electron chi connectivity index (χ2n) is 5.93. The summed E-state index contributed by atoms with van der Waals surface area (Å²) in [6, 6.07) is 10.7. The summed E-state index contributed by atoms with van der Waals surface area (Å²) >= 11 is 0. The van der Waals surface area contributed by atoms with Crippen LogP contribution in [-0.4, -0.2) is 15.7 Å². The molecule has 0 spiro atoms. The second kappa shape index (κ2) is 6.48. The van der Waals surface area contributed by atoms with Crippen LogP contribution >= 0.6 is 0 Å². The van der Waals surface area contributed by atoms with E-state index in [1.165, 1.54) is 6.07 Å². The molecule has 1 fully saturated rings. The van der Waals surface area contributed by atoms with Gasteiger partial charge in [0.15, 0.2) is 0 Å². The average Bonchev–Trinajstić information content (AvgIpc) is 3.29. The van der Waals surface area contributed by atoms with E-state index in [-0.39, 0.29) is 30.1 Å². The molecule has 1 heterocycles. The van der Waals surface area contributed by atoms with E-state index in [9.17, 15) is 13.6 Å². The van der Waals surface area contributed by atoms with Crippen molar-refractivity contribution in [1.82, 2.24) is 15.1 Å². The van der Waals surface area contributed by atoms with Crippen molar-refractivity contribution in [2.75, 3.05) is 0 Å². The van der Waals surface area contributed by atoms with Crippen LogP contribution in [0.5, 0.6) is 0 Å². The molecule has 0 radical (unpaired) electrons. The molecule has 0 saturated heterocycles. The fourth-order valence-electron chi connectivity index (χ4n) is 2.58. The Morgan fingerprint density at radius 1 is 1.35 bits per heavy atom. The van der Waals surface area contributed by atoms with Crippen LogP contribution in [0.15, 0.2) is 36.4 Å². The molecule has 0 aliphatic heterocycles. The highest BCUT2D eigenvalue weighted by atomic mass is 19.3. The fourth-order valence-corrected chi connectivity index (χ4v) is 2.58. The number of hydrogen-bond acceptors (Lipinski definition) is 2. The highest BCUT2D eigenvalue weighted by molar-refractivity contribution is 5.76. The van der Waals surface area contributed by atoms with Crippen molar-refractivity contribution in [1.29, 1.82) is 0 Å². The zero-order valence-corrected chi connectivity index (χ0v) is 12.9. The molecule has 23 heavy (non-hydrogen) atoms. The summed E-state index contributed by atoms with van der Waals surface area (Å²) in [5, 5.41) is 7.01. The van der Waals surface area contributed by atoms with Gasteiger partial charge in [-0.2, -0.15) is 5.10 Å². The van der Waals surface area contributed by atoms with Crippen LogP contribution in [0.4, 0.5) is 8.78 Å². The molecule has 1 unspecified atom stereocenters. The fraction of sp³-hybridized carbons (Fsp3) is 0.412. The summed E-state index contributed by atoms with van der Waals surface area (Å²) in [6.07, 6.45) is -0.664. The number of amides is 1. The Hall–Kier alpha value is -2.24. The number of benzene rings is 1. The molecule has 6 heteroatoms. The molecular weight excluding hydrogens is 300 g/mol. The van der Waals surface area contributed by atoms with Gasteiger partial charge in [0, 0.05) is 5.92 Å². The molecule has 1 aliphatic carbocycles. The van der Waals surface area contributed by atoms with Crippen molar-refractivity contribution in [3.63, 3.8) is 0 Å². The van der Waals surface area contributed by atoms with E-state index in [1.54, 1.807) is 0 Å². The Morgan fingerprint density at radius 3 is 2.65 bits per heavy atom. The second-order valence-corrected chi connectivity index (χ2v) is 5.93. The third kappa shape index (κ3) is 3.75. The number of aromatic nitrogens is 2. The van der Waals surface area contributed by atoms with Crippen LogP contribution in [0.3, 0.4) is 0 Å². The van der Waals surface area contributed by atoms with Crippen LogP contribution in [-0.2, 0) is 11.3 Å². The minimum Gasteiger partial charge on any atom is -0.348 e. The zero-order chi connectivity index (χ0) is 16.4. The van der Waals surface area contributed by atoms with E-state index in [0.29, 0.717) is 5.69 Å². The first kappa shape index (κ1) is 15.6. The van der Waals surface area contributed by atoms with E-state index in [2.05, 4.69) is 10.4 Å². The molecule has 2 aromatic rings. The monoisotopic (exact) mass is 319 g/mol. The number of rotatable bonds is 6. The zero-order valence-electron chi connectivity index (χ0n) is 12.9. The maximum absolute atomic E-state index is 13.1. The highest BCUT2D eigenvalue weighted by Gasteiger charge is 2.29. The van der Waals surface area contributed by atoms with Crippen LogP contribution in [0, 0.1) is 0 Å². The van der Waals surface area contributed by atoms with Crippen molar-refractivity contribution < 1.29 is 13.6 Å². The molecule has 1 aromatic heterocycles. The number of halogens is 2. The maximum atomic E-state index is 13.1. The summed E-state index contributed by atoms with van der Waals surface area (Å²) in [7, 11) is 0. The molecule has 3 rings (SSSR count). The van der Waals surface area contributed by atoms with Crippen LogP contribution < -0.4 is 5.32 Å². The predicted molar refractivity (Wildman–Crippen MR) is 82.2 cm³/mol. The number of nitrogens with one attached hydrogen (secondary N) is 1. The molecule has 122 valence electrons. The number of nitrogens with zero attached hydrogens (tertiary/aromatic N) is 2. The first-order valence-electron chi connectivity index (χ1n) is 7.74. The Bertz CT molecular complexity index is 680. The van der Waals surface area contributed by atoms with Gasteiger partial charge in [0.25, 0.3) is 6.43 Å². The number of alkyl halides is 2. The van der Waals surface area contributed by atoms with Crippen molar-refractivity contribution in [3.8, 4) is 0 Å². The molecule has 1 amide bonds. The molecular formula is C17H19F2N3O. The Labute approximate surface area is 133 Å². The van der Waals surface area contributed by atoms with Gasteiger partial charge in [0.1, 0.15) is 12.2 Å². The lowest BCUT2D eigenvalue weighted by Gasteiger charge is -2.15. The van der Waals surface area contributed by atoms with Gasteiger partial charge in [-0.15, -0.1) is 0 Å². The van der Waals surface area contributed by atoms with Gasteiger partial charge in [-0.25, -0.2) is 8.78 Å². The number of hydrogen-bond donors (Lipinski definition) is 1. The molecule has 1 aromatic carbocycles. The lowest BCUT2D eigenvalue weighted by molar-refractivity contribution is -0.122. The normalized spacial score (nSPS) is 15.7. The molecule has 1 N–H and O–H groups in total. The molecule has 4 nitrogen and oxygen atoms in total. The predicted octanol–water partition coefficient (Wildman–Crippen LogP) is 3.58. The molecule has 0 bridgehead atoms. The quantitative estimate of drug-likeness (QED) is 0.884. The summed E-state index contributed by atoms with van der Waals surface area (Å²) in [4.78, 5) is 12.1. The van der Waals surface area contributed by atoms with Gasteiger partial charge in [-0.1, -0.05) is 30.3 Å². The topological polar surface area (TPSA) is 46.9 Å². The standard InChI is InChI=1S/C17H19F2N3O/c1-11(12-5-3-2-4-6-12)20-16(23)10-22-15(17(18)19)9-14(21-22)13-7-8-13/h2-6,9,11,13,17H,7-8,10H2,1H3,(H,20,23). The lowest BCUT2D eigenvalue weighted by atomic mass is 10.1. The Kier molecular flexibility index (Phi) is 4.41. The van der Waals surface area contributed by atoms with E-state index in [4.69, 9.17) is 0 Å². The Balaban J connectivity index is 1.67. The average molecular weight is 319 g/mol. The van der Waals surface area contributed by atoms with Gasteiger partial charge in [-0.05, 0) is 31.4 Å². The van der Waals surface area contributed by atoms with Crippen LogP contribution in [0.25, 0.3) is 0 Å². The third-order valence-corrected chi connectivity index (χ3v) is 4.02. The van der Waals surface area contributed by atoms with Crippen molar-refractivity contribution in [2.24, 2.45) is 0 Å². The summed E-state index contributed by atoms with van der Waals surface area (Å²) < 4.78 is 27.4. The van der Waals surface area contributed by atoms with Crippen LogP contribution in [0.2, 0.25) is 0 Å². The largest absolute Gasteiger partial charge is 0.348 e.